The molecule has 0 saturated carbocycles. The molecule has 0 spiro atoms. The quantitative estimate of drug-likeness (QED) is 0.643. The first-order chi connectivity index (χ1) is 6.31. The van der Waals surface area contributed by atoms with Gasteiger partial charge in [-0.05, 0) is 30.2 Å². The van der Waals surface area contributed by atoms with Gasteiger partial charge in [0.25, 0.3) is 0 Å². The van der Waals surface area contributed by atoms with Crippen molar-refractivity contribution in [3.05, 3.63) is 23.3 Å². The molecule has 0 saturated heterocycles. The smallest absolute Gasteiger partial charge is 0.231 e. The van der Waals surface area contributed by atoms with Gasteiger partial charge in [0.05, 0.1) is 0 Å². The summed E-state index contributed by atoms with van der Waals surface area (Å²) in [5.41, 5.74) is 2.07. The molecule has 3 nitrogen and oxygen atoms in total. The molecular formula is C10H10O3. The Hall–Kier alpha value is -1.51. The summed E-state index contributed by atoms with van der Waals surface area (Å²) in [6.45, 7) is 2.24. The monoisotopic (exact) mass is 178 g/mol. The van der Waals surface area contributed by atoms with Crippen LogP contribution in [0.4, 0.5) is 0 Å². The highest BCUT2D eigenvalue weighted by atomic mass is 16.7. The van der Waals surface area contributed by atoms with Gasteiger partial charge < -0.3 is 14.3 Å². The van der Waals surface area contributed by atoms with Gasteiger partial charge in [-0.3, -0.25) is 0 Å². The van der Waals surface area contributed by atoms with Crippen molar-refractivity contribution in [2.24, 2.45) is 0 Å². The van der Waals surface area contributed by atoms with E-state index in [-0.39, 0.29) is 6.79 Å². The fraction of sp³-hybridized carbons (Fsp3) is 0.300. The zero-order chi connectivity index (χ0) is 9.26. The van der Waals surface area contributed by atoms with Crippen molar-refractivity contribution in [3.63, 3.8) is 0 Å². The van der Waals surface area contributed by atoms with E-state index in [9.17, 15) is 4.79 Å². The summed E-state index contributed by atoms with van der Waals surface area (Å²) in [6, 6.07) is 3.77. The van der Waals surface area contributed by atoms with Gasteiger partial charge in [0.2, 0.25) is 6.79 Å². The molecule has 1 aromatic carbocycles. The number of carbonyl (C=O) groups excluding carboxylic acids is 1. The molecule has 0 N–H and O–H groups in total. The van der Waals surface area contributed by atoms with E-state index < -0.39 is 0 Å². The topological polar surface area (TPSA) is 35.5 Å². The minimum absolute atomic E-state index is 0.277. The highest BCUT2D eigenvalue weighted by Crippen LogP contribution is 2.34. The minimum Gasteiger partial charge on any atom is -0.454 e. The van der Waals surface area contributed by atoms with Crippen LogP contribution in [0.3, 0.4) is 0 Å². The van der Waals surface area contributed by atoms with Crippen LogP contribution >= 0.6 is 0 Å². The Morgan fingerprint density at radius 3 is 2.77 bits per heavy atom. The first kappa shape index (κ1) is 8.10. The highest BCUT2D eigenvalue weighted by molar-refractivity contribution is 5.59. The summed E-state index contributed by atoms with van der Waals surface area (Å²) in [5, 5.41) is 0. The molecule has 1 aliphatic heterocycles. The molecule has 1 heterocycles. The fourth-order valence-corrected chi connectivity index (χ4v) is 1.40. The van der Waals surface area contributed by atoms with E-state index in [1.54, 1.807) is 0 Å². The second-order valence-corrected chi connectivity index (χ2v) is 3.00. The third kappa shape index (κ3) is 1.37. The standard InChI is InChI=1S/C10H10O3/c1-7-4-9-10(13-6-12-9)5-8(7)2-3-11/h3-5H,2,6H2,1H3. The molecular weight excluding hydrogens is 168 g/mol. The van der Waals surface area contributed by atoms with Crippen LogP contribution in [0.25, 0.3) is 0 Å². The Bertz CT molecular complexity index is 344. The molecule has 0 bridgehead atoms. The van der Waals surface area contributed by atoms with Crippen LogP contribution in [0, 0.1) is 6.92 Å². The molecule has 0 amide bonds. The molecule has 1 aromatic rings. The lowest BCUT2D eigenvalue weighted by molar-refractivity contribution is -0.107. The average molecular weight is 178 g/mol. The molecule has 0 atom stereocenters. The van der Waals surface area contributed by atoms with Crippen LogP contribution in [0.1, 0.15) is 11.1 Å². The molecule has 68 valence electrons. The van der Waals surface area contributed by atoms with Gasteiger partial charge in [0.15, 0.2) is 11.5 Å². The Balaban J connectivity index is 2.42. The SMILES string of the molecule is Cc1cc2c(cc1CC=O)OCO2. The lowest BCUT2D eigenvalue weighted by atomic mass is 10.1. The van der Waals surface area contributed by atoms with Gasteiger partial charge in [-0.15, -0.1) is 0 Å². The Morgan fingerprint density at radius 2 is 2.08 bits per heavy atom. The van der Waals surface area contributed by atoms with E-state index in [0.717, 1.165) is 28.9 Å². The zero-order valence-corrected chi connectivity index (χ0v) is 7.37. The molecule has 0 aliphatic carbocycles. The maximum absolute atomic E-state index is 10.4. The number of ether oxygens (including phenoxy) is 2. The van der Waals surface area contributed by atoms with Crippen molar-refractivity contribution >= 4 is 6.29 Å². The number of benzene rings is 1. The van der Waals surface area contributed by atoms with E-state index in [1.807, 2.05) is 19.1 Å². The number of hydrogen-bond acceptors (Lipinski definition) is 3. The summed E-state index contributed by atoms with van der Waals surface area (Å²) in [4.78, 5) is 10.4. The first-order valence-electron chi connectivity index (χ1n) is 4.14. The Morgan fingerprint density at radius 1 is 1.38 bits per heavy atom. The van der Waals surface area contributed by atoms with Crippen LogP contribution in [-0.2, 0) is 11.2 Å². The molecule has 0 unspecified atom stereocenters. The normalized spacial score (nSPS) is 13.0. The summed E-state index contributed by atoms with van der Waals surface area (Å²) in [6.07, 6.45) is 1.33. The van der Waals surface area contributed by atoms with Crippen molar-refractivity contribution in [2.45, 2.75) is 13.3 Å². The van der Waals surface area contributed by atoms with Crippen LogP contribution in [0.2, 0.25) is 0 Å². The van der Waals surface area contributed by atoms with Crippen LogP contribution < -0.4 is 9.47 Å². The third-order valence-corrected chi connectivity index (χ3v) is 2.13. The van der Waals surface area contributed by atoms with Gasteiger partial charge in [-0.25, -0.2) is 0 Å². The van der Waals surface area contributed by atoms with E-state index in [1.165, 1.54) is 0 Å². The second-order valence-electron chi connectivity index (χ2n) is 3.00. The van der Waals surface area contributed by atoms with Crippen LogP contribution in [0.5, 0.6) is 11.5 Å². The Labute approximate surface area is 76.3 Å². The number of aldehydes is 1. The van der Waals surface area contributed by atoms with Crippen molar-refractivity contribution in [3.8, 4) is 11.5 Å². The van der Waals surface area contributed by atoms with Gasteiger partial charge in [0.1, 0.15) is 6.29 Å². The summed E-state index contributed by atoms with van der Waals surface area (Å²) in [5.74, 6) is 1.51. The van der Waals surface area contributed by atoms with Crippen molar-refractivity contribution in [2.75, 3.05) is 6.79 Å². The van der Waals surface area contributed by atoms with Crippen LogP contribution in [-0.4, -0.2) is 13.1 Å². The number of fused-ring (bicyclic) bond motifs is 1. The van der Waals surface area contributed by atoms with Gasteiger partial charge in [-0.1, -0.05) is 0 Å². The van der Waals surface area contributed by atoms with Gasteiger partial charge in [-0.2, -0.15) is 0 Å². The first-order valence-corrected chi connectivity index (χ1v) is 4.14. The van der Waals surface area contributed by atoms with E-state index >= 15 is 0 Å². The molecule has 0 aromatic heterocycles. The summed E-state index contributed by atoms with van der Waals surface area (Å²) < 4.78 is 10.4. The number of carbonyl (C=O) groups is 1. The van der Waals surface area contributed by atoms with Crippen molar-refractivity contribution in [1.29, 1.82) is 0 Å². The predicted octanol–water partition coefficient (Wildman–Crippen LogP) is 1.47. The summed E-state index contributed by atoms with van der Waals surface area (Å²) >= 11 is 0. The summed E-state index contributed by atoms with van der Waals surface area (Å²) in [7, 11) is 0. The van der Waals surface area contributed by atoms with Crippen molar-refractivity contribution in [1.82, 2.24) is 0 Å². The Kier molecular flexibility index (Phi) is 1.93. The third-order valence-electron chi connectivity index (χ3n) is 2.13. The molecule has 1 aliphatic rings. The predicted molar refractivity (Wildman–Crippen MR) is 47.1 cm³/mol. The van der Waals surface area contributed by atoms with E-state index in [4.69, 9.17) is 9.47 Å². The minimum atomic E-state index is 0.277. The zero-order valence-electron chi connectivity index (χ0n) is 7.37. The molecule has 0 fully saturated rings. The molecule has 13 heavy (non-hydrogen) atoms. The van der Waals surface area contributed by atoms with Gasteiger partial charge >= 0.3 is 0 Å². The number of aryl methyl sites for hydroxylation is 1. The maximum Gasteiger partial charge on any atom is 0.231 e. The highest BCUT2D eigenvalue weighted by Gasteiger charge is 2.14. The van der Waals surface area contributed by atoms with Gasteiger partial charge in [0, 0.05) is 6.42 Å². The lowest BCUT2D eigenvalue weighted by Crippen LogP contribution is -1.93. The molecule has 3 heteroatoms. The average Bonchev–Trinajstić information content (AvgIpc) is 2.52. The molecule has 0 radical (unpaired) electrons. The lowest BCUT2D eigenvalue weighted by Gasteiger charge is -2.03. The second kappa shape index (κ2) is 3.09. The van der Waals surface area contributed by atoms with E-state index in [0.29, 0.717) is 6.42 Å². The number of rotatable bonds is 2. The largest absolute Gasteiger partial charge is 0.454 e. The van der Waals surface area contributed by atoms with Crippen LogP contribution in [0.15, 0.2) is 12.1 Å². The fourth-order valence-electron chi connectivity index (χ4n) is 1.40. The van der Waals surface area contributed by atoms with Crippen molar-refractivity contribution < 1.29 is 14.3 Å². The van der Waals surface area contributed by atoms with E-state index in [2.05, 4.69) is 0 Å². The maximum atomic E-state index is 10.4. The number of hydrogen-bond donors (Lipinski definition) is 0. The molecule has 2 rings (SSSR count).